The first-order valence-corrected chi connectivity index (χ1v) is 5.92. The van der Waals surface area contributed by atoms with Gasteiger partial charge in [-0.15, -0.1) is 0 Å². The molecular formula is C12H15ClN2O. The van der Waals surface area contributed by atoms with Gasteiger partial charge in [0.25, 0.3) is 0 Å². The van der Waals surface area contributed by atoms with E-state index in [2.05, 4.69) is 5.10 Å². The number of ketones is 1. The monoisotopic (exact) mass is 238 g/mol. The van der Waals surface area contributed by atoms with Crippen molar-refractivity contribution < 1.29 is 4.79 Å². The third-order valence-electron chi connectivity index (χ3n) is 2.96. The van der Waals surface area contributed by atoms with E-state index in [1.54, 1.807) is 6.08 Å². The van der Waals surface area contributed by atoms with Crippen LogP contribution in [0.15, 0.2) is 11.6 Å². The zero-order chi connectivity index (χ0) is 11.7. The first-order valence-electron chi connectivity index (χ1n) is 5.54. The van der Waals surface area contributed by atoms with Crippen molar-refractivity contribution in [2.24, 2.45) is 7.05 Å². The molecule has 86 valence electrons. The summed E-state index contributed by atoms with van der Waals surface area (Å²) >= 11 is 6.25. The quantitative estimate of drug-likeness (QED) is 0.811. The van der Waals surface area contributed by atoms with E-state index in [4.69, 9.17) is 11.6 Å². The maximum Gasteiger partial charge on any atom is 0.155 e. The highest BCUT2D eigenvalue weighted by Gasteiger charge is 2.18. The second-order valence-electron chi connectivity index (χ2n) is 4.13. The molecule has 1 heterocycles. The first kappa shape index (κ1) is 11.4. The molecule has 4 heteroatoms. The van der Waals surface area contributed by atoms with E-state index < -0.39 is 0 Å². The zero-order valence-corrected chi connectivity index (χ0v) is 10.3. The lowest BCUT2D eigenvalue weighted by molar-refractivity contribution is -0.114. The average molecular weight is 239 g/mol. The molecule has 0 atom stereocenters. The standard InChI is InChI=1S/C12H15ClN2O/c1-3-10-12(13)11(15(2)14-10)7-8-4-5-9(16)6-8/h6H,3-5,7H2,1-2H3. The third kappa shape index (κ3) is 2.05. The second-order valence-corrected chi connectivity index (χ2v) is 4.51. The molecule has 0 radical (unpaired) electrons. The van der Waals surface area contributed by atoms with E-state index >= 15 is 0 Å². The Bertz CT molecular complexity index is 460. The third-order valence-corrected chi connectivity index (χ3v) is 3.39. The van der Waals surface area contributed by atoms with E-state index in [9.17, 15) is 4.79 Å². The molecule has 0 aliphatic heterocycles. The van der Waals surface area contributed by atoms with Crippen LogP contribution in [0.1, 0.15) is 31.2 Å². The normalized spacial score (nSPS) is 15.7. The maximum absolute atomic E-state index is 11.1. The minimum Gasteiger partial charge on any atom is -0.295 e. The highest BCUT2D eigenvalue weighted by atomic mass is 35.5. The van der Waals surface area contributed by atoms with Crippen molar-refractivity contribution in [1.82, 2.24) is 9.78 Å². The number of halogens is 1. The molecule has 2 rings (SSSR count). The highest BCUT2D eigenvalue weighted by molar-refractivity contribution is 6.31. The largest absolute Gasteiger partial charge is 0.295 e. The van der Waals surface area contributed by atoms with Crippen molar-refractivity contribution in [3.05, 3.63) is 28.1 Å². The lowest BCUT2D eigenvalue weighted by atomic mass is 10.1. The van der Waals surface area contributed by atoms with Crippen molar-refractivity contribution >= 4 is 17.4 Å². The van der Waals surface area contributed by atoms with Crippen molar-refractivity contribution in [1.29, 1.82) is 0 Å². The molecule has 0 saturated heterocycles. The van der Waals surface area contributed by atoms with Gasteiger partial charge in [0, 0.05) is 19.9 Å². The predicted molar refractivity (Wildman–Crippen MR) is 63.6 cm³/mol. The highest BCUT2D eigenvalue weighted by Crippen LogP contribution is 2.26. The number of carbonyl (C=O) groups is 1. The summed E-state index contributed by atoms with van der Waals surface area (Å²) in [5.74, 6) is 0.226. The summed E-state index contributed by atoms with van der Waals surface area (Å²) in [7, 11) is 1.90. The molecule has 16 heavy (non-hydrogen) atoms. The zero-order valence-electron chi connectivity index (χ0n) is 9.59. The van der Waals surface area contributed by atoms with Gasteiger partial charge in [-0.05, 0) is 18.9 Å². The van der Waals surface area contributed by atoms with Crippen LogP contribution in [0, 0.1) is 0 Å². The minimum absolute atomic E-state index is 0.226. The molecule has 0 N–H and O–H groups in total. The number of aryl methyl sites for hydroxylation is 2. The van der Waals surface area contributed by atoms with Crippen LogP contribution < -0.4 is 0 Å². The number of allylic oxidation sites excluding steroid dienone is 2. The van der Waals surface area contributed by atoms with Crippen molar-refractivity contribution in [2.45, 2.75) is 32.6 Å². The van der Waals surface area contributed by atoms with Gasteiger partial charge in [-0.3, -0.25) is 9.48 Å². The number of hydrogen-bond acceptors (Lipinski definition) is 2. The van der Waals surface area contributed by atoms with Gasteiger partial charge in [-0.2, -0.15) is 5.10 Å². The van der Waals surface area contributed by atoms with Gasteiger partial charge in [0.15, 0.2) is 5.78 Å². The Labute approximate surface area is 100 Å². The Morgan fingerprint density at radius 2 is 2.25 bits per heavy atom. The van der Waals surface area contributed by atoms with E-state index in [1.807, 2.05) is 18.7 Å². The lowest BCUT2D eigenvalue weighted by Crippen LogP contribution is -1.99. The molecule has 1 aliphatic rings. The molecule has 0 bridgehead atoms. The maximum atomic E-state index is 11.1. The van der Waals surface area contributed by atoms with Gasteiger partial charge in [0.2, 0.25) is 0 Å². The second kappa shape index (κ2) is 4.42. The number of nitrogens with zero attached hydrogens (tertiary/aromatic N) is 2. The van der Waals surface area contributed by atoms with Crippen LogP contribution in [0.4, 0.5) is 0 Å². The van der Waals surface area contributed by atoms with E-state index in [0.29, 0.717) is 6.42 Å². The summed E-state index contributed by atoms with van der Waals surface area (Å²) in [5.41, 5.74) is 3.11. The van der Waals surface area contributed by atoms with Gasteiger partial charge < -0.3 is 0 Å². The van der Waals surface area contributed by atoms with Crippen LogP contribution in [-0.2, 0) is 24.7 Å². The Balaban J connectivity index is 2.24. The molecule has 0 fully saturated rings. The number of hydrogen-bond donors (Lipinski definition) is 0. The van der Waals surface area contributed by atoms with E-state index in [-0.39, 0.29) is 5.78 Å². The van der Waals surface area contributed by atoms with Gasteiger partial charge in [-0.1, -0.05) is 24.1 Å². The van der Waals surface area contributed by atoms with E-state index in [0.717, 1.165) is 41.2 Å². The lowest BCUT2D eigenvalue weighted by Gasteiger charge is -2.02. The van der Waals surface area contributed by atoms with E-state index in [1.165, 1.54) is 0 Å². The fourth-order valence-electron chi connectivity index (χ4n) is 2.02. The minimum atomic E-state index is 0.226. The van der Waals surface area contributed by atoms with Gasteiger partial charge in [-0.25, -0.2) is 0 Å². The molecule has 1 aromatic heterocycles. The average Bonchev–Trinajstić information content (AvgIpc) is 2.77. The number of aromatic nitrogens is 2. The summed E-state index contributed by atoms with van der Waals surface area (Å²) in [5, 5.41) is 5.12. The molecule has 0 amide bonds. The Hall–Kier alpha value is -1.09. The van der Waals surface area contributed by atoms with Crippen molar-refractivity contribution in [3.8, 4) is 0 Å². The summed E-state index contributed by atoms with van der Waals surface area (Å²) in [6.07, 6.45) is 4.83. The Morgan fingerprint density at radius 3 is 2.75 bits per heavy atom. The van der Waals surface area contributed by atoms with Crippen LogP contribution in [0.25, 0.3) is 0 Å². The fourth-order valence-corrected chi connectivity index (χ4v) is 2.38. The molecule has 1 aromatic rings. The first-order chi connectivity index (χ1) is 7.61. The Kier molecular flexibility index (Phi) is 3.15. The molecule has 3 nitrogen and oxygen atoms in total. The SMILES string of the molecule is CCc1nn(C)c(CC2=CC(=O)CC2)c1Cl. The summed E-state index contributed by atoms with van der Waals surface area (Å²) in [4.78, 5) is 11.1. The molecular weight excluding hydrogens is 224 g/mol. The van der Waals surface area contributed by atoms with Crippen LogP contribution in [0.3, 0.4) is 0 Å². The molecule has 0 spiro atoms. The summed E-state index contributed by atoms with van der Waals surface area (Å²) in [6, 6.07) is 0. The fraction of sp³-hybridized carbons (Fsp3) is 0.500. The smallest absolute Gasteiger partial charge is 0.155 e. The van der Waals surface area contributed by atoms with Crippen molar-refractivity contribution in [3.63, 3.8) is 0 Å². The topological polar surface area (TPSA) is 34.9 Å². The van der Waals surface area contributed by atoms with Gasteiger partial charge in [0.1, 0.15) is 0 Å². The molecule has 0 unspecified atom stereocenters. The van der Waals surface area contributed by atoms with Crippen molar-refractivity contribution in [2.75, 3.05) is 0 Å². The van der Waals surface area contributed by atoms with Crippen LogP contribution in [-0.4, -0.2) is 15.6 Å². The number of rotatable bonds is 3. The Morgan fingerprint density at radius 1 is 1.50 bits per heavy atom. The molecule has 1 aliphatic carbocycles. The van der Waals surface area contributed by atoms with Gasteiger partial charge in [0.05, 0.1) is 16.4 Å². The predicted octanol–water partition coefficient (Wildman–Crippen LogP) is 2.47. The number of carbonyl (C=O) groups excluding carboxylic acids is 1. The van der Waals surface area contributed by atoms with Crippen LogP contribution in [0.5, 0.6) is 0 Å². The molecule has 0 aromatic carbocycles. The van der Waals surface area contributed by atoms with Crippen LogP contribution in [0.2, 0.25) is 5.02 Å². The van der Waals surface area contributed by atoms with Crippen LogP contribution >= 0.6 is 11.6 Å². The summed E-state index contributed by atoms with van der Waals surface area (Å²) < 4.78 is 1.82. The summed E-state index contributed by atoms with van der Waals surface area (Å²) in [6.45, 7) is 2.04. The van der Waals surface area contributed by atoms with Gasteiger partial charge >= 0.3 is 0 Å². The molecule has 0 saturated carbocycles.